The van der Waals surface area contributed by atoms with E-state index in [0.717, 1.165) is 12.1 Å². The van der Waals surface area contributed by atoms with Crippen LogP contribution in [-0.2, 0) is 6.18 Å². The van der Waals surface area contributed by atoms with E-state index in [2.05, 4.69) is 15.7 Å². The zero-order valence-electron chi connectivity index (χ0n) is 16.0. The molecular weight excluding hydrogens is 397 g/mol. The molecule has 2 atom stereocenters. The van der Waals surface area contributed by atoms with Gasteiger partial charge in [0, 0.05) is 18.0 Å². The number of benzene rings is 2. The standard InChI is InChI=1S/C20H23F3N6O/c21-20(22,23)12-4-1-3-11(9-12)13-7-8-27-10-16(13)28-18(24)14-5-2-6-15(19(25)30)17(14)29-26/h1-6,9,13,16,27,29H,7-8,10,26H2,(H2,24,28)(H2,25,30). The first kappa shape index (κ1) is 21.6. The fourth-order valence-corrected chi connectivity index (χ4v) is 3.69. The Morgan fingerprint density at radius 2 is 1.83 bits per heavy atom. The maximum atomic E-state index is 13.1. The number of rotatable bonds is 5. The third-order valence-electron chi connectivity index (χ3n) is 5.15. The van der Waals surface area contributed by atoms with Gasteiger partial charge in [-0.25, -0.2) is 0 Å². The molecule has 1 aliphatic heterocycles. The second-order valence-corrected chi connectivity index (χ2v) is 7.04. The quantitative estimate of drug-likeness (QED) is 0.218. The van der Waals surface area contributed by atoms with E-state index in [1.165, 1.54) is 12.1 Å². The van der Waals surface area contributed by atoms with Crippen molar-refractivity contribution >= 4 is 17.4 Å². The minimum Gasteiger partial charge on any atom is -0.383 e. The predicted molar refractivity (Wildman–Crippen MR) is 109 cm³/mol. The van der Waals surface area contributed by atoms with Gasteiger partial charge in [-0.15, -0.1) is 0 Å². The number of amidine groups is 1. The molecule has 160 valence electrons. The Labute approximate surface area is 171 Å². The number of hydrazine groups is 1. The number of nitrogens with two attached hydrogens (primary N) is 3. The largest absolute Gasteiger partial charge is 0.416 e. The zero-order valence-corrected chi connectivity index (χ0v) is 16.0. The summed E-state index contributed by atoms with van der Waals surface area (Å²) in [4.78, 5) is 16.2. The average molecular weight is 420 g/mol. The number of aliphatic imine (C=N–C) groups is 1. The Balaban J connectivity index is 1.97. The molecule has 10 heteroatoms. The molecular formula is C20H23F3N6O. The normalized spacial score (nSPS) is 20.1. The van der Waals surface area contributed by atoms with Gasteiger partial charge in [0.25, 0.3) is 5.91 Å². The molecule has 1 saturated heterocycles. The van der Waals surface area contributed by atoms with Crippen molar-refractivity contribution in [3.63, 3.8) is 0 Å². The first-order chi connectivity index (χ1) is 14.2. The van der Waals surface area contributed by atoms with Crippen LogP contribution in [0.4, 0.5) is 18.9 Å². The molecule has 30 heavy (non-hydrogen) atoms. The summed E-state index contributed by atoms with van der Waals surface area (Å²) in [6.45, 7) is 1.10. The lowest BCUT2D eigenvalue weighted by atomic mass is 9.85. The number of nitrogens with zero attached hydrogens (tertiary/aromatic N) is 1. The highest BCUT2D eigenvalue weighted by Crippen LogP contribution is 2.34. The molecule has 2 unspecified atom stereocenters. The molecule has 1 amide bonds. The molecule has 7 nitrogen and oxygen atoms in total. The summed E-state index contributed by atoms with van der Waals surface area (Å²) >= 11 is 0. The van der Waals surface area contributed by atoms with Crippen LogP contribution in [0.3, 0.4) is 0 Å². The summed E-state index contributed by atoms with van der Waals surface area (Å²) < 4.78 is 39.4. The van der Waals surface area contributed by atoms with Gasteiger partial charge in [0.15, 0.2) is 0 Å². The molecule has 0 saturated carbocycles. The van der Waals surface area contributed by atoms with Crippen molar-refractivity contribution in [1.82, 2.24) is 5.32 Å². The van der Waals surface area contributed by atoms with Crippen molar-refractivity contribution in [1.29, 1.82) is 0 Å². The molecule has 1 aliphatic rings. The topological polar surface area (TPSA) is 132 Å². The van der Waals surface area contributed by atoms with E-state index in [-0.39, 0.29) is 23.0 Å². The van der Waals surface area contributed by atoms with Crippen LogP contribution in [0.1, 0.15) is 39.4 Å². The number of amides is 1. The lowest BCUT2D eigenvalue weighted by Gasteiger charge is -2.30. The number of hydrogen-bond acceptors (Lipinski definition) is 5. The number of alkyl halides is 3. The van der Waals surface area contributed by atoms with E-state index in [1.54, 1.807) is 18.2 Å². The molecule has 8 N–H and O–H groups in total. The molecule has 2 aromatic rings. The summed E-state index contributed by atoms with van der Waals surface area (Å²) in [5.41, 5.74) is 14.7. The van der Waals surface area contributed by atoms with Crippen LogP contribution in [0, 0.1) is 0 Å². The van der Waals surface area contributed by atoms with Gasteiger partial charge < -0.3 is 22.2 Å². The van der Waals surface area contributed by atoms with E-state index in [0.29, 0.717) is 30.6 Å². The number of hydrogen-bond donors (Lipinski definition) is 5. The number of halogens is 3. The molecule has 0 bridgehead atoms. The summed E-state index contributed by atoms with van der Waals surface area (Å²) in [6, 6.07) is 9.62. The summed E-state index contributed by atoms with van der Waals surface area (Å²) in [5.74, 6) is 4.73. The number of nitrogens with one attached hydrogen (secondary N) is 2. The Kier molecular flexibility index (Phi) is 6.28. The van der Waals surface area contributed by atoms with Gasteiger partial charge in [0.1, 0.15) is 5.84 Å². The molecule has 0 aromatic heterocycles. The number of piperidine rings is 1. The van der Waals surface area contributed by atoms with Gasteiger partial charge in [0.2, 0.25) is 0 Å². The predicted octanol–water partition coefficient (Wildman–Crippen LogP) is 1.94. The van der Waals surface area contributed by atoms with Gasteiger partial charge in [0.05, 0.1) is 22.9 Å². The van der Waals surface area contributed by atoms with E-state index in [1.807, 2.05) is 0 Å². The van der Waals surface area contributed by atoms with E-state index in [9.17, 15) is 18.0 Å². The van der Waals surface area contributed by atoms with Crippen LogP contribution in [0.25, 0.3) is 0 Å². The molecule has 3 rings (SSSR count). The van der Waals surface area contributed by atoms with Crippen LogP contribution in [0.2, 0.25) is 0 Å². The highest BCUT2D eigenvalue weighted by Gasteiger charge is 2.33. The summed E-state index contributed by atoms with van der Waals surface area (Å²) in [6.07, 6.45) is -3.82. The number of nitrogen functional groups attached to an aromatic ring is 1. The second-order valence-electron chi connectivity index (χ2n) is 7.04. The van der Waals surface area contributed by atoms with E-state index >= 15 is 0 Å². The lowest BCUT2D eigenvalue weighted by Crippen LogP contribution is -2.39. The number of anilines is 1. The van der Waals surface area contributed by atoms with Crippen molar-refractivity contribution in [2.45, 2.75) is 24.6 Å². The van der Waals surface area contributed by atoms with Crippen LogP contribution in [-0.4, -0.2) is 30.9 Å². The maximum absolute atomic E-state index is 13.1. The molecule has 1 heterocycles. The summed E-state index contributed by atoms with van der Waals surface area (Å²) in [7, 11) is 0. The van der Waals surface area contributed by atoms with Gasteiger partial charge in [-0.3, -0.25) is 15.6 Å². The first-order valence-electron chi connectivity index (χ1n) is 9.33. The van der Waals surface area contributed by atoms with Crippen molar-refractivity contribution in [2.24, 2.45) is 22.3 Å². The Bertz CT molecular complexity index is 960. The maximum Gasteiger partial charge on any atom is 0.416 e. The Hall–Kier alpha value is -3.11. The van der Waals surface area contributed by atoms with Crippen molar-refractivity contribution < 1.29 is 18.0 Å². The van der Waals surface area contributed by atoms with Crippen molar-refractivity contribution in [3.05, 3.63) is 64.7 Å². The number of carbonyl (C=O) groups excluding carboxylic acids is 1. The van der Waals surface area contributed by atoms with E-state index in [4.69, 9.17) is 17.3 Å². The molecule has 0 aliphatic carbocycles. The first-order valence-corrected chi connectivity index (χ1v) is 9.33. The number of primary amides is 1. The fraction of sp³-hybridized carbons (Fsp3) is 0.300. The average Bonchev–Trinajstić information content (AvgIpc) is 2.72. The highest BCUT2D eigenvalue weighted by molar-refractivity contribution is 6.08. The third kappa shape index (κ3) is 4.55. The van der Waals surface area contributed by atoms with Crippen LogP contribution in [0.15, 0.2) is 47.5 Å². The van der Waals surface area contributed by atoms with Gasteiger partial charge in [-0.2, -0.15) is 13.2 Å². The fourth-order valence-electron chi connectivity index (χ4n) is 3.69. The number of para-hydroxylation sites is 1. The minimum atomic E-state index is -4.42. The van der Waals surface area contributed by atoms with Gasteiger partial charge >= 0.3 is 6.18 Å². The Morgan fingerprint density at radius 1 is 1.13 bits per heavy atom. The number of carbonyl (C=O) groups is 1. The SMILES string of the molecule is NNc1c(C(N)=O)cccc1C(N)=NC1CNCCC1c1cccc(C(F)(F)F)c1. The van der Waals surface area contributed by atoms with Crippen molar-refractivity contribution in [3.8, 4) is 0 Å². The zero-order chi connectivity index (χ0) is 21.9. The smallest absolute Gasteiger partial charge is 0.383 e. The Morgan fingerprint density at radius 3 is 2.50 bits per heavy atom. The molecule has 0 radical (unpaired) electrons. The lowest BCUT2D eigenvalue weighted by molar-refractivity contribution is -0.137. The van der Waals surface area contributed by atoms with Crippen LogP contribution < -0.4 is 28.1 Å². The molecule has 0 spiro atoms. The van der Waals surface area contributed by atoms with Crippen LogP contribution in [0.5, 0.6) is 0 Å². The van der Waals surface area contributed by atoms with Crippen LogP contribution >= 0.6 is 0 Å². The van der Waals surface area contributed by atoms with Crippen molar-refractivity contribution in [2.75, 3.05) is 18.5 Å². The van der Waals surface area contributed by atoms with E-state index < -0.39 is 23.7 Å². The molecule has 2 aromatic carbocycles. The van der Waals surface area contributed by atoms with Gasteiger partial charge in [-0.05, 0) is 36.7 Å². The summed E-state index contributed by atoms with van der Waals surface area (Å²) in [5, 5.41) is 3.20. The highest BCUT2D eigenvalue weighted by atomic mass is 19.4. The monoisotopic (exact) mass is 420 g/mol. The molecule has 1 fully saturated rings. The minimum absolute atomic E-state index is 0.108. The van der Waals surface area contributed by atoms with Gasteiger partial charge in [-0.1, -0.05) is 24.3 Å². The third-order valence-corrected chi connectivity index (χ3v) is 5.15. The second kappa shape index (κ2) is 8.72.